The highest BCUT2D eigenvalue weighted by Gasteiger charge is 2.20. The average Bonchev–Trinajstić information content (AvgIpc) is 3.04. The molecule has 1 atom stereocenters. The van der Waals surface area contributed by atoms with Gasteiger partial charge < -0.3 is 20.7 Å². The molecule has 0 spiro atoms. The van der Waals surface area contributed by atoms with E-state index in [1.165, 1.54) is 0 Å². The molecule has 25 heavy (non-hydrogen) atoms. The van der Waals surface area contributed by atoms with Gasteiger partial charge in [-0.05, 0) is 31.0 Å². The number of carbonyl (C=O) groups is 2. The maximum atomic E-state index is 12.1. The van der Waals surface area contributed by atoms with Crippen molar-refractivity contribution in [1.82, 2.24) is 14.9 Å². The molecule has 4 N–H and O–H groups in total. The average molecular weight is 342 g/mol. The van der Waals surface area contributed by atoms with Gasteiger partial charge in [-0.1, -0.05) is 12.1 Å². The number of carboxylic acids is 1. The first-order valence-corrected chi connectivity index (χ1v) is 8.43. The van der Waals surface area contributed by atoms with Crippen molar-refractivity contribution in [2.75, 3.05) is 13.1 Å². The number of carboxylic acid groups (broad SMARTS) is 1. The van der Waals surface area contributed by atoms with E-state index in [0.717, 1.165) is 36.5 Å². The second-order valence-corrected chi connectivity index (χ2v) is 6.31. The largest absolute Gasteiger partial charge is 0.481 e. The van der Waals surface area contributed by atoms with E-state index in [1.54, 1.807) is 12.1 Å². The highest BCUT2D eigenvalue weighted by molar-refractivity contribution is 5.95. The highest BCUT2D eigenvalue weighted by atomic mass is 16.4. The third-order valence-electron chi connectivity index (χ3n) is 4.49. The first-order chi connectivity index (χ1) is 12.1. The molecule has 0 radical (unpaired) electrons. The summed E-state index contributed by atoms with van der Waals surface area (Å²) in [6, 6.07) is 7.22. The Hall–Kier alpha value is -2.67. The number of amides is 1. The van der Waals surface area contributed by atoms with E-state index < -0.39 is 5.97 Å². The van der Waals surface area contributed by atoms with E-state index in [-0.39, 0.29) is 18.9 Å². The van der Waals surface area contributed by atoms with E-state index >= 15 is 0 Å². The Morgan fingerprint density at radius 2 is 2.24 bits per heavy atom. The topological polar surface area (TPSA) is 110 Å². The smallest absolute Gasteiger partial charge is 0.305 e. The maximum Gasteiger partial charge on any atom is 0.305 e. The fourth-order valence-corrected chi connectivity index (χ4v) is 3.04. The van der Waals surface area contributed by atoms with Gasteiger partial charge in [0.1, 0.15) is 5.82 Å². The number of hydrogen-bond donors (Lipinski definition) is 3. The van der Waals surface area contributed by atoms with Crippen molar-refractivity contribution in [3.8, 4) is 11.3 Å². The van der Waals surface area contributed by atoms with E-state index in [4.69, 9.17) is 15.8 Å². The lowest BCUT2D eigenvalue weighted by atomic mass is 9.98. The van der Waals surface area contributed by atoms with Gasteiger partial charge >= 0.3 is 5.97 Å². The number of rotatable bonds is 6. The Morgan fingerprint density at radius 1 is 1.40 bits per heavy atom. The summed E-state index contributed by atoms with van der Waals surface area (Å²) in [6.45, 7) is 1.70. The summed E-state index contributed by atoms with van der Waals surface area (Å²) in [5.74, 6) is 0.297. The molecule has 1 aromatic heterocycles. The van der Waals surface area contributed by atoms with Crippen LogP contribution in [0.25, 0.3) is 11.3 Å². The normalized spacial score (nSPS) is 16.3. The van der Waals surface area contributed by atoms with Gasteiger partial charge in [0.05, 0.1) is 12.1 Å². The summed E-state index contributed by atoms with van der Waals surface area (Å²) >= 11 is 0. The third-order valence-corrected chi connectivity index (χ3v) is 4.49. The number of carbonyl (C=O) groups excluding carboxylic acids is 1. The van der Waals surface area contributed by atoms with Crippen LogP contribution in [0.4, 0.5) is 0 Å². The van der Waals surface area contributed by atoms with Crippen LogP contribution in [0.15, 0.2) is 30.5 Å². The molecule has 1 aromatic carbocycles. The number of nitrogens with two attached hydrogens (primary N) is 1. The van der Waals surface area contributed by atoms with Gasteiger partial charge in [-0.15, -0.1) is 0 Å². The summed E-state index contributed by atoms with van der Waals surface area (Å²) in [4.78, 5) is 27.4. The molecular weight excluding hydrogens is 320 g/mol. The lowest BCUT2D eigenvalue weighted by molar-refractivity contribution is -0.136. The van der Waals surface area contributed by atoms with Gasteiger partial charge in [-0.25, -0.2) is 4.98 Å². The van der Waals surface area contributed by atoms with Gasteiger partial charge in [-0.2, -0.15) is 0 Å². The molecule has 7 heteroatoms. The highest BCUT2D eigenvalue weighted by Crippen LogP contribution is 2.25. The zero-order valence-corrected chi connectivity index (χ0v) is 13.9. The minimum atomic E-state index is -0.937. The summed E-state index contributed by atoms with van der Waals surface area (Å²) in [5, 5.41) is 11.2. The van der Waals surface area contributed by atoms with E-state index in [2.05, 4.69) is 9.88 Å². The predicted octanol–water partition coefficient (Wildman–Crippen LogP) is 1.28. The minimum absolute atomic E-state index is 0.0957. The molecule has 1 aliphatic heterocycles. The number of benzene rings is 1. The summed E-state index contributed by atoms with van der Waals surface area (Å²) < 4.78 is 2.15. The standard InChI is InChI=1S/C18H22N4O3/c19-10-12-5-7-22-11-15(21-16(22)8-12)13-2-1-3-14(9-13)18(25)20-6-4-17(23)24/h1-3,9,11-12H,4-8,10,19H2,(H,20,25)(H,23,24). The molecule has 0 saturated carbocycles. The van der Waals surface area contributed by atoms with Crippen molar-refractivity contribution in [3.63, 3.8) is 0 Å². The quantitative estimate of drug-likeness (QED) is 0.732. The van der Waals surface area contributed by atoms with Crippen LogP contribution in [0.2, 0.25) is 0 Å². The number of imidazole rings is 1. The number of hydrogen-bond acceptors (Lipinski definition) is 4. The number of aryl methyl sites for hydroxylation is 1. The van der Waals surface area contributed by atoms with E-state index in [0.29, 0.717) is 18.0 Å². The van der Waals surface area contributed by atoms with Gasteiger partial charge in [0, 0.05) is 36.8 Å². The SMILES string of the molecule is NCC1CCn2cc(-c3cccc(C(=O)NCCC(=O)O)c3)nc2C1. The number of nitrogens with zero attached hydrogens (tertiary/aromatic N) is 2. The van der Waals surface area contributed by atoms with Crippen LogP contribution >= 0.6 is 0 Å². The second-order valence-electron chi connectivity index (χ2n) is 6.31. The number of fused-ring (bicyclic) bond motifs is 1. The zero-order chi connectivity index (χ0) is 17.8. The molecule has 1 aliphatic rings. The van der Waals surface area contributed by atoms with Crippen LogP contribution in [-0.4, -0.2) is 39.6 Å². The van der Waals surface area contributed by atoms with Crippen LogP contribution in [0.1, 0.15) is 29.0 Å². The Labute approximate surface area is 145 Å². The molecule has 1 unspecified atom stereocenters. The van der Waals surface area contributed by atoms with Gasteiger partial charge in [0.2, 0.25) is 0 Å². The van der Waals surface area contributed by atoms with Crippen molar-refractivity contribution in [2.24, 2.45) is 11.7 Å². The molecule has 2 aromatic rings. The number of aromatic nitrogens is 2. The van der Waals surface area contributed by atoms with Crippen LogP contribution in [0, 0.1) is 5.92 Å². The molecule has 7 nitrogen and oxygen atoms in total. The summed E-state index contributed by atoms with van der Waals surface area (Å²) in [6.07, 6.45) is 3.86. The Balaban J connectivity index is 1.75. The molecule has 1 amide bonds. The van der Waals surface area contributed by atoms with Crippen LogP contribution < -0.4 is 11.1 Å². The van der Waals surface area contributed by atoms with E-state index in [9.17, 15) is 9.59 Å². The van der Waals surface area contributed by atoms with Gasteiger partial charge in [-0.3, -0.25) is 9.59 Å². The van der Waals surface area contributed by atoms with Gasteiger partial charge in [0.25, 0.3) is 5.91 Å². The molecule has 0 saturated heterocycles. The molecule has 132 valence electrons. The Bertz CT molecular complexity index is 784. The fourth-order valence-electron chi connectivity index (χ4n) is 3.04. The van der Waals surface area contributed by atoms with Crippen LogP contribution in [0.5, 0.6) is 0 Å². The second kappa shape index (κ2) is 7.48. The summed E-state index contributed by atoms with van der Waals surface area (Å²) in [5.41, 5.74) is 7.98. The Morgan fingerprint density at radius 3 is 3.00 bits per heavy atom. The van der Waals surface area contributed by atoms with Crippen LogP contribution in [-0.2, 0) is 17.8 Å². The van der Waals surface area contributed by atoms with Crippen molar-refractivity contribution >= 4 is 11.9 Å². The molecule has 3 rings (SSSR count). The fraction of sp³-hybridized carbons (Fsp3) is 0.389. The molecule has 2 heterocycles. The lowest BCUT2D eigenvalue weighted by Crippen LogP contribution is -2.25. The van der Waals surface area contributed by atoms with Crippen molar-refractivity contribution in [3.05, 3.63) is 41.9 Å². The number of aliphatic carboxylic acids is 1. The van der Waals surface area contributed by atoms with Crippen LogP contribution in [0.3, 0.4) is 0 Å². The number of nitrogens with one attached hydrogen (secondary N) is 1. The van der Waals surface area contributed by atoms with E-state index in [1.807, 2.05) is 18.3 Å². The van der Waals surface area contributed by atoms with Crippen molar-refractivity contribution in [2.45, 2.75) is 25.8 Å². The first-order valence-electron chi connectivity index (χ1n) is 8.43. The Kier molecular flexibility index (Phi) is 5.14. The maximum absolute atomic E-state index is 12.1. The molecule has 0 aliphatic carbocycles. The monoisotopic (exact) mass is 342 g/mol. The molecule has 0 bridgehead atoms. The minimum Gasteiger partial charge on any atom is -0.481 e. The zero-order valence-electron chi connectivity index (χ0n) is 13.9. The van der Waals surface area contributed by atoms with Crippen molar-refractivity contribution in [1.29, 1.82) is 0 Å². The lowest BCUT2D eigenvalue weighted by Gasteiger charge is -2.21. The molecule has 0 fully saturated rings. The van der Waals surface area contributed by atoms with Gasteiger partial charge in [0.15, 0.2) is 0 Å². The first kappa shape index (κ1) is 17.2. The third kappa shape index (κ3) is 4.06. The predicted molar refractivity (Wildman–Crippen MR) is 93.1 cm³/mol. The molecular formula is C18H22N4O3. The summed E-state index contributed by atoms with van der Waals surface area (Å²) in [7, 11) is 0. The van der Waals surface area contributed by atoms with Crippen molar-refractivity contribution < 1.29 is 14.7 Å².